The van der Waals surface area contributed by atoms with Gasteiger partial charge in [0.15, 0.2) is 5.78 Å². The van der Waals surface area contributed by atoms with Gasteiger partial charge in [0.1, 0.15) is 0 Å². The molecule has 0 spiro atoms. The van der Waals surface area contributed by atoms with Crippen molar-refractivity contribution >= 4 is 23.5 Å². The fourth-order valence-corrected chi connectivity index (χ4v) is 2.47. The van der Waals surface area contributed by atoms with Crippen LogP contribution in [0.4, 0.5) is 5.95 Å². The topological polar surface area (TPSA) is 84.7 Å². The molecule has 0 bridgehead atoms. The van der Waals surface area contributed by atoms with Crippen LogP contribution >= 0.6 is 11.8 Å². The molecule has 0 aliphatic rings. The molecular formula is C14H18N4OS. The Balaban J connectivity index is 1.88. The van der Waals surface area contributed by atoms with Crippen molar-refractivity contribution in [1.82, 2.24) is 15.2 Å². The van der Waals surface area contributed by atoms with Gasteiger partial charge in [-0.2, -0.15) is 4.98 Å². The monoisotopic (exact) mass is 290 g/mol. The van der Waals surface area contributed by atoms with E-state index in [1.165, 1.54) is 30.2 Å². The summed E-state index contributed by atoms with van der Waals surface area (Å²) in [6.07, 6.45) is 3.42. The molecule has 106 valence electrons. The average molecular weight is 290 g/mol. The molecular weight excluding hydrogens is 272 g/mol. The number of nitrogen functional groups attached to an aromatic ring is 1. The Hall–Kier alpha value is -1.82. The first-order valence-corrected chi connectivity index (χ1v) is 7.60. The summed E-state index contributed by atoms with van der Waals surface area (Å²) < 4.78 is 0. The van der Waals surface area contributed by atoms with Crippen LogP contribution in [-0.2, 0) is 6.42 Å². The second kappa shape index (κ2) is 7.09. The number of hydrogen-bond donors (Lipinski definition) is 2. The van der Waals surface area contributed by atoms with Gasteiger partial charge >= 0.3 is 0 Å². The van der Waals surface area contributed by atoms with Crippen LogP contribution in [0.25, 0.3) is 0 Å². The van der Waals surface area contributed by atoms with Gasteiger partial charge in [0.2, 0.25) is 11.1 Å². The van der Waals surface area contributed by atoms with Crippen molar-refractivity contribution in [2.24, 2.45) is 0 Å². The third kappa shape index (κ3) is 4.09. The fraction of sp³-hybridized carbons (Fsp3) is 0.357. The minimum atomic E-state index is 0.0698. The number of aromatic nitrogens is 3. The first kappa shape index (κ1) is 14.6. The number of ketones is 1. The van der Waals surface area contributed by atoms with Gasteiger partial charge in [-0.05, 0) is 18.4 Å². The predicted octanol–water partition coefficient (Wildman–Crippen LogP) is 2.70. The fourth-order valence-electron chi connectivity index (χ4n) is 1.77. The molecule has 0 saturated heterocycles. The van der Waals surface area contributed by atoms with Crippen molar-refractivity contribution in [1.29, 1.82) is 0 Å². The van der Waals surface area contributed by atoms with E-state index in [9.17, 15) is 4.79 Å². The van der Waals surface area contributed by atoms with Crippen LogP contribution in [-0.4, -0.2) is 26.7 Å². The Morgan fingerprint density at radius 1 is 1.35 bits per heavy atom. The number of carbonyl (C=O) groups is 1. The van der Waals surface area contributed by atoms with Gasteiger partial charge < -0.3 is 5.73 Å². The standard InChI is InChI=1S/C14H18N4OS/c1-2-3-4-10-5-7-11(8-6-10)12(19)9-20-14-16-13(15)17-18-14/h5-8H,2-4,9H2,1H3,(H3,15,16,17,18). The highest BCUT2D eigenvalue weighted by Crippen LogP contribution is 2.16. The summed E-state index contributed by atoms with van der Waals surface area (Å²) in [5, 5.41) is 6.92. The van der Waals surface area contributed by atoms with Crippen molar-refractivity contribution in [2.45, 2.75) is 31.3 Å². The summed E-state index contributed by atoms with van der Waals surface area (Å²) in [4.78, 5) is 16.0. The highest BCUT2D eigenvalue weighted by molar-refractivity contribution is 7.99. The number of anilines is 1. The number of carbonyl (C=O) groups excluding carboxylic acids is 1. The van der Waals surface area contributed by atoms with E-state index in [4.69, 9.17) is 5.73 Å². The molecule has 0 aliphatic heterocycles. The molecule has 5 nitrogen and oxygen atoms in total. The van der Waals surface area contributed by atoms with E-state index < -0.39 is 0 Å². The van der Waals surface area contributed by atoms with Gasteiger partial charge in [-0.1, -0.05) is 49.4 Å². The largest absolute Gasteiger partial charge is 0.368 e. The molecule has 3 N–H and O–H groups in total. The normalized spacial score (nSPS) is 10.7. The summed E-state index contributed by atoms with van der Waals surface area (Å²) in [5.74, 6) is 0.645. The Morgan fingerprint density at radius 2 is 2.10 bits per heavy atom. The molecule has 1 heterocycles. The molecule has 0 amide bonds. The molecule has 0 radical (unpaired) electrons. The van der Waals surface area contributed by atoms with Gasteiger partial charge in [-0.25, -0.2) is 5.10 Å². The second-order valence-corrected chi connectivity index (χ2v) is 5.46. The lowest BCUT2D eigenvalue weighted by Crippen LogP contribution is -2.02. The first-order valence-electron chi connectivity index (χ1n) is 6.62. The average Bonchev–Trinajstić information content (AvgIpc) is 2.89. The molecule has 1 aromatic carbocycles. The lowest BCUT2D eigenvalue weighted by molar-refractivity contribution is 0.102. The smallest absolute Gasteiger partial charge is 0.216 e. The van der Waals surface area contributed by atoms with E-state index in [0.717, 1.165) is 12.0 Å². The Morgan fingerprint density at radius 3 is 2.70 bits per heavy atom. The number of rotatable bonds is 7. The number of hydrogen-bond acceptors (Lipinski definition) is 5. The molecule has 2 aromatic rings. The van der Waals surface area contributed by atoms with Crippen LogP contribution in [0.15, 0.2) is 29.4 Å². The summed E-state index contributed by atoms with van der Waals surface area (Å²) in [6, 6.07) is 7.83. The number of aryl methyl sites for hydroxylation is 1. The van der Waals surface area contributed by atoms with Crippen molar-refractivity contribution in [2.75, 3.05) is 11.5 Å². The van der Waals surface area contributed by atoms with E-state index >= 15 is 0 Å². The van der Waals surface area contributed by atoms with Crippen LogP contribution in [0.1, 0.15) is 35.7 Å². The number of nitrogens with two attached hydrogens (primary N) is 1. The van der Waals surface area contributed by atoms with E-state index in [1.54, 1.807) is 0 Å². The third-order valence-electron chi connectivity index (χ3n) is 2.91. The number of H-pyrrole nitrogens is 1. The predicted molar refractivity (Wildman–Crippen MR) is 80.9 cm³/mol. The Bertz CT molecular complexity index is 565. The lowest BCUT2D eigenvalue weighted by Gasteiger charge is -2.02. The molecule has 0 unspecified atom stereocenters. The van der Waals surface area contributed by atoms with Crippen LogP contribution in [0.3, 0.4) is 0 Å². The summed E-state index contributed by atoms with van der Waals surface area (Å²) >= 11 is 1.28. The van der Waals surface area contributed by atoms with Gasteiger partial charge in [0.25, 0.3) is 0 Å². The maximum Gasteiger partial charge on any atom is 0.216 e. The van der Waals surface area contributed by atoms with Crippen LogP contribution in [0, 0.1) is 0 Å². The number of nitrogens with zero attached hydrogens (tertiary/aromatic N) is 2. The van der Waals surface area contributed by atoms with Crippen molar-refractivity contribution in [3.05, 3.63) is 35.4 Å². The van der Waals surface area contributed by atoms with Crippen molar-refractivity contribution < 1.29 is 4.79 Å². The number of benzene rings is 1. The minimum absolute atomic E-state index is 0.0698. The molecule has 2 rings (SSSR count). The summed E-state index contributed by atoms with van der Waals surface area (Å²) in [6.45, 7) is 2.17. The van der Waals surface area contributed by atoms with Crippen molar-refractivity contribution in [3.63, 3.8) is 0 Å². The molecule has 0 fully saturated rings. The Labute approximate surface area is 122 Å². The molecule has 20 heavy (non-hydrogen) atoms. The zero-order valence-electron chi connectivity index (χ0n) is 11.4. The molecule has 0 saturated carbocycles. The minimum Gasteiger partial charge on any atom is -0.368 e. The molecule has 0 atom stereocenters. The number of thioether (sulfide) groups is 1. The third-order valence-corrected chi connectivity index (χ3v) is 3.76. The summed E-state index contributed by atoms with van der Waals surface area (Å²) in [7, 11) is 0. The first-order chi connectivity index (χ1) is 9.69. The maximum absolute atomic E-state index is 12.0. The van der Waals surface area contributed by atoms with Crippen LogP contribution in [0.5, 0.6) is 0 Å². The number of unbranched alkanes of at least 4 members (excludes halogenated alkanes) is 1. The lowest BCUT2D eigenvalue weighted by atomic mass is 10.1. The van der Waals surface area contributed by atoms with Gasteiger partial charge in [0.05, 0.1) is 5.75 Å². The van der Waals surface area contributed by atoms with Crippen LogP contribution in [0.2, 0.25) is 0 Å². The number of aromatic amines is 1. The second-order valence-electron chi connectivity index (χ2n) is 4.52. The highest BCUT2D eigenvalue weighted by Gasteiger charge is 2.09. The molecule has 6 heteroatoms. The van der Waals surface area contributed by atoms with E-state index in [0.29, 0.717) is 10.9 Å². The number of Topliss-reactive ketones (excluding diaryl/α,β-unsaturated/α-hetero) is 1. The summed E-state index contributed by atoms with van der Waals surface area (Å²) in [5.41, 5.74) is 7.42. The zero-order chi connectivity index (χ0) is 14.4. The van der Waals surface area contributed by atoms with Crippen molar-refractivity contribution in [3.8, 4) is 0 Å². The van der Waals surface area contributed by atoms with Gasteiger partial charge in [0, 0.05) is 5.56 Å². The van der Waals surface area contributed by atoms with Gasteiger partial charge in [-0.15, -0.1) is 5.10 Å². The van der Waals surface area contributed by atoms with Crippen LogP contribution < -0.4 is 5.73 Å². The number of nitrogens with one attached hydrogen (secondary N) is 1. The SMILES string of the molecule is CCCCc1ccc(C(=O)CSc2n[nH]c(N)n2)cc1. The molecule has 0 aliphatic carbocycles. The quantitative estimate of drug-likeness (QED) is 0.605. The maximum atomic E-state index is 12.0. The highest BCUT2D eigenvalue weighted by atomic mass is 32.2. The zero-order valence-corrected chi connectivity index (χ0v) is 12.2. The van der Waals surface area contributed by atoms with Gasteiger partial charge in [-0.3, -0.25) is 4.79 Å². The Kier molecular flexibility index (Phi) is 5.17. The van der Waals surface area contributed by atoms with E-state index in [1.807, 2.05) is 24.3 Å². The van der Waals surface area contributed by atoms with E-state index in [-0.39, 0.29) is 11.7 Å². The molecule has 1 aromatic heterocycles. The van der Waals surface area contributed by atoms with E-state index in [2.05, 4.69) is 22.1 Å².